The highest BCUT2D eigenvalue weighted by molar-refractivity contribution is 6.39. The van der Waals surface area contributed by atoms with Crippen LogP contribution in [0, 0.1) is 0 Å². The van der Waals surface area contributed by atoms with Gasteiger partial charge < -0.3 is 4.74 Å². The van der Waals surface area contributed by atoms with Crippen LogP contribution >= 0.6 is 0 Å². The molecule has 0 aromatic heterocycles. The number of imide groups is 2. The maximum Gasteiger partial charge on any atom is 0.335 e. The number of para-hydroxylation sites is 1. The van der Waals surface area contributed by atoms with Crippen molar-refractivity contribution in [3.05, 3.63) is 126 Å². The number of barbiturate groups is 1. The number of hydrogen-bond acceptors (Lipinski definition) is 4. The van der Waals surface area contributed by atoms with Crippen LogP contribution in [0.1, 0.15) is 11.1 Å². The Bertz CT molecular complexity index is 1750. The molecule has 6 heteroatoms. The van der Waals surface area contributed by atoms with Crippen LogP contribution in [0.15, 0.2) is 115 Å². The van der Waals surface area contributed by atoms with Crippen LogP contribution in [0.25, 0.3) is 27.6 Å². The lowest BCUT2D eigenvalue weighted by Crippen LogP contribution is -2.54. The Kier molecular flexibility index (Phi) is 5.90. The normalized spacial score (nSPS) is 14.8. The monoisotopic (exact) mass is 498 g/mol. The molecule has 5 aromatic rings. The lowest BCUT2D eigenvalue weighted by molar-refractivity contribution is -0.122. The van der Waals surface area contributed by atoms with E-state index < -0.39 is 17.8 Å². The van der Waals surface area contributed by atoms with Gasteiger partial charge in [-0.1, -0.05) is 91.0 Å². The van der Waals surface area contributed by atoms with E-state index in [-0.39, 0.29) is 5.57 Å². The molecule has 0 saturated carbocycles. The molecule has 1 saturated heterocycles. The number of nitrogens with one attached hydrogen (secondary N) is 1. The Morgan fingerprint density at radius 2 is 1.34 bits per heavy atom. The van der Waals surface area contributed by atoms with E-state index in [2.05, 4.69) is 23.5 Å². The van der Waals surface area contributed by atoms with Gasteiger partial charge in [-0.05, 0) is 51.4 Å². The number of urea groups is 1. The van der Waals surface area contributed by atoms with Crippen molar-refractivity contribution < 1.29 is 19.1 Å². The predicted molar refractivity (Wildman–Crippen MR) is 148 cm³/mol. The first kappa shape index (κ1) is 23.2. The molecule has 0 unspecified atom stereocenters. The number of ether oxygens (including phenoxy) is 1. The molecule has 6 nitrogen and oxygen atoms in total. The number of rotatable bonds is 5. The fraction of sp³-hybridized carbons (Fsp3) is 0.0312. The standard InChI is InChI=1S/C32H22N2O4/c35-30-28(31(36)34(32(37)33-30)24-13-2-1-3-14-24)19-27-26-16-7-5-10-22(26)17-18-29(27)38-20-23-12-8-11-21-9-4-6-15-25(21)23/h1-19H,20H2,(H,33,35,37)/b28-19+. The molecule has 1 fully saturated rings. The molecule has 6 rings (SSSR count). The minimum Gasteiger partial charge on any atom is -0.488 e. The summed E-state index contributed by atoms with van der Waals surface area (Å²) in [4.78, 5) is 39.9. The van der Waals surface area contributed by atoms with Crippen molar-refractivity contribution in [2.45, 2.75) is 6.61 Å². The zero-order chi connectivity index (χ0) is 26.1. The zero-order valence-corrected chi connectivity index (χ0v) is 20.3. The number of nitrogens with zero attached hydrogens (tertiary/aromatic N) is 1. The summed E-state index contributed by atoms with van der Waals surface area (Å²) in [5.41, 5.74) is 1.82. The smallest absolute Gasteiger partial charge is 0.335 e. The van der Waals surface area contributed by atoms with Gasteiger partial charge in [0.15, 0.2) is 0 Å². The maximum atomic E-state index is 13.5. The van der Waals surface area contributed by atoms with Gasteiger partial charge in [0.1, 0.15) is 17.9 Å². The van der Waals surface area contributed by atoms with E-state index in [4.69, 9.17) is 4.74 Å². The van der Waals surface area contributed by atoms with Gasteiger partial charge in [-0.15, -0.1) is 0 Å². The van der Waals surface area contributed by atoms with E-state index in [0.29, 0.717) is 23.6 Å². The number of anilines is 1. The molecule has 0 atom stereocenters. The highest BCUT2D eigenvalue weighted by Gasteiger charge is 2.37. The molecule has 0 bridgehead atoms. The number of hydrogen-bond donors (Lipinski definition) is 1. The molecule has 0 spiro atoms. The van der Waals surface area contributed by atoms with E-state index in [1.165, 1.54) is 6.08 Å². The first-order valence-electron chi connectivity index (χ1n) is 12.2. The Labute approximate surface area is 218 Å². The van der Waals surface area contributed by atoms with Crippen molar-refractivity contribution in [2.24, 2.45) is 0 Å². The predicted octanol–water partition coefficient (Wildman–Crippen LogP) is 6.24. The van der Waals surface area contributed by atoms with Gasteiger partial charge in [0.2, 0.25) is 0 Å². The molecule has 184 valence electrons. The summed E-state index contributed by atoms with van der Waals surface area (Å²) in [6.07, 6.45) is 1.51. The molecular weight excluding hydrogens is 476 g/mol. The molecule has 0 aliphatic carbocycles. The van der Waals surface area contributed by atoms with Crippen LogP contribution in [0.3, 0.4) is 0 Å². The van der Waals surface area contributed by atoms with Crippen molar-refractivity contribution in [2.75, 3.05) is 4.90 Å². The fourth-order valence-corrected chi connectivity index (χ4v) is 4.74. The summed E-state index contributed by atoms with van der Waals surface area (Å²) < 4.78 is 6.32. The molecule has 0 radical (unpaired) electrons. The number of benzene rings is 5. The van der Waals surface area contributed by atoms with Crippen LogP contribution in [0.4, 0.5) is 10.5 Å². The summed E-state index contributed by atoms with van der Waals surface area (Å²) in [5.74, 6) is -0.925. The highest BCUT2D eigenvalue weighted by Crippen LogP contribution is 2.33. The molecule has 38 heavy (non-hydrogen) atoms. The molecule has 1 N–H and O–H groups in total. The fourth-order valence-electron chi connectivity index (χ4n) is 4.74. The van der Waals surface area contributed by atoms with Gasteiger partial charge >= 0.3 is 6.03 Å². The molecular formula is C32H22N2O4. The van der Waals surface area contributed by atoms with E-state index in [9.17, 15) is 14.4 Å². The quantitative estimate of drug-likeness (QED) is 0.230. The second-order valence-electron chi connectivity index (χ2n) is 8.92. The number of carbonyl (C=O) groups excluding carboxylic acids is 3. The maximum absolute atomic E-state index is 13.5. The van der Waals surface area contributed by atoms with Crippen LogP contribution in [-0.2, 0) is 16.2 Å². The van der Waals surface area contributed by atoms with Gasteiger partial charge in [0.25, 0.3) is 11.8 Å². The molecule has 1 aliphatic rings. The Hall–Kier alpha value is -5.23. The third kappa shape index (κ3) is 4.18. The zero-order valence-electron chi connectivity index (χ0n) is 20.3. The van der Waals surface area contributed by atoms with E-state index in [0.717, 1.165) is 32.0 Å². The highest BCUT2D eigenvalue weighted by atomic mass is 16.5. The van der Waals surface area contributed by atoms with Gasteiger partial charge in [-0.25, -0.2) is 9.69 Å². The van der Waals surface area contributed by atoms with Crippen LogP contribution in [-0.4, -0.2) is 17.8 Å². The van der Waals surface area contributed by atoms with Crippen LogP contribution in [0.2, 0.25) is 0 Å². The van der Waals surface area contributed by atoms with Gasteiger partial charge in [-0.2, -0.15) is 0 Å². The van der Waals surface area contributed by atoms with Crippen LogP contribution < -0.4 is 15.0 Å². The second-order valence-corrected chi connectivity index (χ2v) is 8.92. The molecule has 4 amide bonds. The molecule has 1 heterocycles. The van der Waals surface area contributed by atoms with Crippen molar-refractivity contribution in [3.63, 3.8) is 0 Å². The third-order valence-electron chi connectivity index (χ3n) is 6.60. The van der Waals surface area contributed by atoms with Gasteiger partial charge in [0, 0.05) is 5.56 Å². The van der Waals surface area contributed by atoms with Crippen LogP contribution in [0.5, 0.6) is 5.75 Å². The topological polar surface area (TPSA) is 75.7 Å². The Morgan fingerprint density at radius 1 is 0.684 bits per heavy atom. The first-order chi connectivity index (χ1) is 18.6. The van der Waals surface area contributed by atoms with Crippen molar-refractivity contribution in [3.8, 4) is 5.75 Å². The summed E-state index contributed by atoms with van der Waals surface area (Å²) in [6, 6.07) is 33.3. The summed E-state index contributed by atoms with van der Waals surface area (Å²) in [7, 11) is 0. The number of carbonyl (C=O) groups is 3. The molecule has 5 aromatic carbocycles. The van der Waals surface area contributed by atoms with Gasteiger partial charge in [-0.3, -0.25) is 14.9 Å². The number of amides is 4. The minimum absolute atomic E-state index is 0.153. The second kappa shape index (κ2) is 9.67. The first-order valence-corrected chi connectivity index (χ1v) is 12.2. The lowest BCUT2D eigenvalue weighted by Gasteiger charge is -2.26. The van der Waals surface area contributed by atoms with E-state index in [1.54, 1.807) is 30.3 Å². The van der Waals surface area contributed by atoms with Crippen molar-refractivity contribution >= 4 is 51.2 Å². The van der Waals surface area contributed by atoms with Crippen molar-refractivity contribution in [1.29, 1.82) is 0 Å². The summed E-state index contributed by atoms with van der Waals surface area (Å²) >= 11 is 0. The summed E-state index contributed by atoms with van der Waals surface area (Å²) in [6.45, 7) is 0.296. The Balaban J connectivity index is 1.43. The van der Waals surface area contributed by atoms with Gasteiger partial charge in [0.05, 0.1) is 5.69 Å². The molecule has 1 aliphatic heterocycles. The largest absolute Gasteiger partial charge is 0.488 e. The Morgan fingerprint density at radius 3 is 2.13 bits per heavy atom. The summed E-state index contributed by atoms with van der Waals surface area (Å²) in [5, 5.41) is 6.25. The lowest BCUT2D eigenvalue weighted by atomic mass is 9.99. The average Bonchev–Trinajstić information content (AvgIpc) is 2.95. The van der Waals surface area contributed by atoms with Crippen molar-refractivity contribution in [1.82, 2.24) is 5.32 Å². The number of fused-ring (bicyclic) bond motifs is 2. The minimum atomic E-state index is -0.784. The van der Waals surface area contributed by atoms with E-state index >= 15 is 0 Å². The SMILES string of the molecule is O=C1NC(=O)N(c2ccccc2)C(=O)/C1=C/c1c(OCc2cccc3ccccc23)ccc2ccccc12. The third-order valence-corrected chi connectivity index (χ3v) is 6.60. The van der Waals surface area contributed by atoms with E-state index in [1.807, 2.05) is 60.7 Å². The average molecular weight is 499 g/mol.